The first kappa shape index (κ1) is 16.1. The first-order valence-electron chi connectivity index (χ1n) is 7.82. The highest BCUT2D eigenvalue weighted by atomic mass is 35.5. The summed E-state index contributed by atoms with van der Waals surface area (Å²) in [7, 11) is 0. The highest BCUT2D eigenvalue weighted by molar-refractivity contribution is 6.31. The Bertz CT molecular complexity index is 714. The zero-order valence-corrected chi connectivity index (χ0v) is 14.4. The number of piperidine rings is 1. The number of carbonyl (C=O) groups is 1. The van der Waals surface area contributed by atoms with E-state index in [4.69, 9.17) is 16.3 Å². The molecule has 2 heterocycles. The lowest BCUT2D eigenvalue weighted by Crippen LogP contribution is -2.42. The van der Waals surface area contributed by atoms with Crippen molar-refractivity contribution in [2.24, 2.45) is 0 Å². The number of ether oxygens (including phenoxy) is 1. The highest BCUT2D eigenvalue weighted by Gasteiger charge is 2.28. The number of aromatic nitrogens is 3. The van der Waals surface area contributed by atoms with Gasteiger partial charge >= 0.3 is 6.09 Å². The number of nitrogens with zero attached hydrogens (tertiary/aromatic N) is 4. The van der Waals surface area contributed by atoms with Gasteiger partial charge in [0.05, 0.1) is 6.04 Å². The van der Waals surface area contributed by atoms with Crippen molar-refractivity contribution in [1.29, 1.82) is 0 Å². The highest BCUT2D eigenvalue weighted by Crippen LogP contribution is 2.24. The molecule has 0 N–H and O–H groups in total. The summed E-state index contributed by atoms with van der Waals surface area (Å²) >= 11 is 5.99. The maximum Gasteiger partial charge on any atom is 0.410 e. The van der Waals surface area contributed by atoms with Gasteiger partial charge in [0.15, 0.2) is 0 Å². The predicted octanol–water partition coefficient (Wildman–Crippen LogP) is 3.66. The molecule has 1 aliphatic heterocycles. The van der Waals surface area contributed by atoms with E-state index in [1.165, 1.54) is 0 Å². The smallest absolute Gasteiger partial charge is 0.410 e. The van der Waals surface area contributed by atoms with E-state index in [1.807, 2.05) is 39.0 Å². The molecular formula is C16H21ClN4O2. The fraction of sp³-hybridized carbons (Fsp3) is 0.562. The van der Waals surface area contributed by atoms with Gasteiger partial charge in [-0.3, -0.25) is 0 Å². The average Bonchev–Trinajstić information content (AvgIpc) is 2.88. The minimum absolute atomic E-state index is 0.194. The second kappa shape index (κ2) is 6.00. The Kier molecular flexibility index (Phi) is 4.19. The van der Waals surface area contributed by atoms with E-state index < -0.39 is 5.60 Å². The van der Waals surface area contributed by atoms with Crippen LogP contribution in [-0.2, 0) is 4.74 Å². The van der Waals surface area contributed by atoms with Gasteiger partial charge in [0, 0.05) is 18.1 Å². The summed E-state index contributed by atoms with van der Waals surface area (Å²) in [5, 5.41) is 9.69. The Labute approximate surface area is 140 Å². The molecular weight excluding hydrogens is 316 g/mol. The van der Waals surface area contributed by atoms with Gasteiger partial charge in [0.2, 0.25) is 0 Å². The minimum atomic E-state index is -0.464. The lowest BCUT2D eigenvalue weighted by atomic mass is 10.1. The number of fused-ring (bicyclic) bond motifs is 1. The number of hydrogen-bond donors (Lipinski definition) is 0. The summed E-state index contributed by atoms with van der Waals surface area (Å²) in [6.07, 6.45) is 1.38. The fourth-order valence-corrected chi connectivity index (χ4v) is 2.84. The maximum atomic E-state index is 12.1. The van der Waals surface area contributed by atoms with Crippen LogP contribution in [0.25, 0.3) is 11.0 Å². The van der Waals surface area contributed by atoms with Crippen molar-refractivity contribution in [2.45, 2.75) is 45.3 Å². The molecule has 3 rings (SSSR count). The molecule has 23 heavy (non-hydrogen) atoms. The zero-order valence-electron chi connectivity index (χ0n) is 13.6. The van der Waals surface area contributed by atoms with Gasteiger partial charge < -0.3 is 9.64 Å². The number of likely N-dealkylation sites (tertiary alicyclic amines) is 1. The Morgan fingerprint density at radius 3 is 2.52 bits per heavy atom. The Balaban J connectivity index is 1.65. The van der Waals surface area contributed by atoms with Crippen molar-refractivity contribution >= 4 is 28.7 Å². The first-order chi connectivity index (χ1) is 10.8. The van der Waals surface area contributed by atoms with E-state index in [0.29, 0.717) is 18.1 Å². The third-order valence-electron chi connectivity index (χ3n) is 3.80. The summed E-state index contributed by atoms with van der Waals surface area (Å²) in [4.78, 5) is 15.6. The summed E-state index contributed by atoms with van der Waals surface area (Å²) in [6, 6.07) is 5.70. The minimum Gasteiger partial charge on any atom is -0.444 e. The Morgan fingerprint density at radius 2 is 1.87 bits per heavy atom. The van der Waals surface area contributed by atoms with Gasteiger partial charge in [-0.25, -0.2) is 4.79 Å². The molecule has 0 atom stereocenters. The van der Waals surface area contributed by atoms with Gasteiger partial charge in [0.1, 0.15) is 16.6 Å². The number of amides is 1. The molecule has 0 radical (unpaired) electrons. The molecule has 7 heteroatoms. The Morgan fingerprint density at radius 1 is 1.22 bits per heavy atom. The quantitative estimate of drug-likeness (QED) is 0.797. The van der Waals surface area contributed by atoms with Gasteiger partial charge in [0.25, 0.3) is 0 Å². The Hall–Kier alpha value is -1.82. The van der Waals surface area contributed by atoms with E-state index in [1.54, 1.807) is 9.70 Å². The van der Waals surface area contributed by atoms with Crippen LogP contribution in [0.4, 0.5) is 4.79 Å². The number of halogens is 1. The monoisotopic (exact) mass is 336 g/mol. The van der Waals surface area contributed by atoms with Crippen LogP contribution in [0, 0.1) is 0 Å². The SMILES string of the molecule is CC(C)(C)OC(=O)N1CCC(n2nc3ccc(Cl)cc3n2)CC1. The third kappa shape index (κ3) is 3.75. The molecule has 0 spiro atoms. The number of rotatable bonds is 1. The van der Waals surface area contributed by atoms with Crippen molar-refractivity contribution in [3.63, 3.8) is 0 Å². The molecule has 2 aromatic rings. The third-order valence-corrected chi connectivity index (χ3v) is 4.04. The van der Waals surface area contributed by atoms with Crippen molar-refractivity contribution in [3.8, 4) is 0 Å². The van der Waals surface area contributed by atoms with Crippen LogP contribution >= 0.6 is 11.6 Å². The van der Waals surface area contributed by atoms with E-state index in [0.717, 1.165) is 23.9 Å². The molecule has 1 aromatic heterocycles. The van der Waals surface area contributed by atoms with E-state index >= 15 is 0 Å². The first-order valence-corrected chi connectivity index (χ1v) is 8.20. The van der Waals surface area contributed by atoms with Crippen LogP contribution < -0.4 is 0 Å². The van der Waals surface area contributed by atoms with E-state index in [9.17, 15) is 4.79 Å². The lowest BCUT2D eigenvalue weighted by Gasteiger charge is -2.32. The molecule has 1 amide bonds. The van der Waals surface area contributed by atoms with Gasteiger partial charge in [-0.15, -0.1) is 0 Å². The lowest BCUT2D eigenvalue weighted by molar-refractivity contribution is 0.0180. The standard InChI is InChI=1S/C16H21ClN4O2/c1-16(2,3)23-15(22)20-8-6-12(7-9-20)21-18-13-5-4-11(17)10-14(13)19-21/h4-5,10,12H,6-9H2,1-3H3. The summed E-state index contributed by atoms with van der Waals surface area (Å²) in [6.45, 7) is 6.93. The second-order valence-corrected chi connectivity index (χ2v) is 7.29. The summed E-state index contributed by atoms with van der Waals surface area (Å²) in [5.74, 6) is 0. The molecule has 0 bridgehead atoms. The molecule has 1 saturated heterocycles. The molecule has 6 nitrogen and oxygen atoms in total. The van der Waals surface area contributed by atoms with Crippen molar-refractivity contribution in [1.82, 2.24) is 19.9 Å². The van der Waals surface area contributed by atoms with E-state index in [2.05, 4.69) is 10.2 Å². The van der Waals surface area contributed by atoms with Crippen molar-refractivity contribution < 1.29 is 9.53 Å². The summed E-state index contributed by atoms with van der Waals surface area (Å²) < 4.78 is 5.41. The number of carbonyl (C=O) groups excluding carboxylic acids is 1. The number of benzene rings is 1. The maximum absolute atomic E-state index is 12.1. The zero-order chi connectivity index (χ0) is 16.6. The molecule has 0 aliphatic carbocycles. The van der Waals surface area contributed by atoms with Crippen LogP contribution in [0.5, 0.6) is 0 Å². The average molecular weight is 337 g/mol. The van der Waals surface area contributed by atoms with Crippen molar-refractivity contribution in [3.05, 3.63) is 23.2 Å². The van der Waals surface area contributed by atoms with Crippen LogP contribution in [-0.4, -0.2) is 44.7 Å². The van der Waals surface area contributed by atoms with Crippen LogP contribution in [0.1, 0.15) is 39.7 Å². The van der Waals surface area contributed by atoms with Crippen LogP contribution in [0.2, 0.25) is 5.02 Å². The van der Waals surface area contributed by atoms with Gasteiger partial charge in [-0.2, -0.15) is 15.0 Å². The molecule has 124 valence electrons. The van der Waals surface area contributed by atoms with Crippen LogP contribution in [0.3, 0.4) is 0 Å². The normalized spacial score (nSPS) is 16.8. The largest absolute Gasteiger partial charge is 0.444 e. The van der Waals surface area contributed by atoms with Gasteiger partial charge in [-0.1, -0.05) is 11.6 Å². The molecule has 0 unspecified atom stereocenters. The molecule has 0 saturated carbocycles. The predicted molar refractivity (Wildman–Crippen MR) is 88.6 cm³/mol. The molecule has 1 fully saturated rings. The fourth-order valence-electron chi connectivity index (χ4n) is 2.67. The van der Waals surface area contributed by atoms with Gasteiger partial charge in [-0.05, 0) is 51.8 Å². The second-order valence-electron chi connectivity index (χ2n) is 6.85. The van der Waals surface area contributed by atoms with E-state index in [-0.39, 0.29) is 12.1 Å². The van der Waals surface area contributed by atoms with Crippen LogP contribution in [0.15, 0.2) is 18.2 Å². The summed E-state index contributed by atoms with van der Waals surface area (Å²) in [5.41, 5.74) is 1.17. The van der Waals surface area contributed by atoms with Crippen molar-refractivity contribution in [2.75, 3.05) is 13.1 Å². The molecule has 1 aliphatic rings. The number of hydrogen-bond acceptors (Lipinski definition) is 4. The topological polar surface area (TPSA) is 60.2 Å². The molecule has 1 aromatic carbocycles.